The Balaban J connectivity index is 2.28. The first kappa shape index (κ1) is 13.6. The van der Waals surface area contributed by atoms with Crippen molar-refractivity contribution in [3.63, 3.8) is 0 Å². The molecule has 1 atom stereocenters. The van der Waals surface area contributed by atoms with E-state index in [2.05, 4.69) is 15.9 Å². The number of amides is 1. The lowest BCUT2D eigenvalue weighted by Gasteiger charge is -2.46. The molecule has 98 valence electrons. The second kappa shape index (κ2) is 5.02. The van der Waals surface area contributed by atoms with Crippen molar-refractivity contribution in [2.45, 2.75) is 38.3 Å². The van der Waals surface area contributed by atoms with Crippen molar-refractivity contribution < 1.29 is 4.79 Å². The number of benzene rings is 1. The fourth-order valence-electron chi connectivity index (χ4n) is 2.45. The van der Waals surface area contributed by atoms with Gasteiger partial charge >= 0.3 is 0 Å². The Hall–Kier alpha value is -0.870. The molecular formula is C14H19BrN2O. The Labute approximate surface area is 116 Å². The number of hydrogen-bond acceptors (Lipinski definition) is 2. The minimum absolute atomic E-state index is 0.0438. The fourth-order valence-corrected chi connectivity index (χ4v) is 2.85. The van der Waals surface area contributed by atoms with E-state index in [1.807, 2.05) is 43.0 Å². The van der Waals surface area contributed by atoms with Crippen molar-refractivity contribution in [1.82, 2.24) is 4.90 Å². The van der Waals surface area contributed by atoms with Gasteiger partial charge in [-0.2, -0.15) is 0 Å². The van der Waals surface area contributed by atoms with Gasteiger partial charge in [0.2, 0.25) is 0 Å². The number of hydrogen-bond donors (Lipinski definition) is 1. The summed E-state index contributed by atoms with van der Waals surface area (Å²) in [6.45, 7) is 4.88. The van der Waals surface area contributed by atoms with Gasteiger partial charge in [-0.05, 0) is 44.9 Å². The summed E-state index contributed by atoms with van der Waals surface area (Å²) in [5.74, 6) is 0.0662. The van der Waals surface area contributed by atoms with Crippen molar-refractivity contribution in [3.8, 4) is 0 Å². The van der Waals surface area contributed by atoms with Crippen LogP contribution < -0.4 is 5.73 Å². The SMILES string of the molecule is CC1(C)C(N)CCCN1C(=O)c1cccc(Br)c1. The molecule has 0 aromatic heterocycles. The third-order valence-electron chi connectivity index (χ3n) is 3.82. The van der Waals surface area contributed by atoms with Gasteiger partial charge in [0.15, 0.2) is 0 Å². The van der Waals surface area contributed by atoms with Crippen molar-refractivity contribution >= 4 is 21.8 Å². The summed E-state index contributed by atoms with van der Waals surface area (Å²) in [6.07, 6.45) is 1.96. The summed E-state index contributed by atoms with van der Waals surface area (Å²) in [5, 5.41) is 0. The smallest absolute Gasteiger partial charge is 0.254 e. The average Bonchev–Trinajstić information content (AvgIpc) is 2.32. The summed E-state index contributed by atoms with van der Waals surface area (Å²) in [7, 11) is 0. The summed E-state index contributed by atoms with van der Waals surface area (Å²) < 4.78 is 0.924. The second-order valence-electron chi connectivity index (χ2n) is 5.37. The van der Waals surface area contributed by atoms with Crippen LogP contribution in [0.5, 0.6) is 0 Å². The third-order valence-corrected chi connectivity index (χ3v) is 4.31. The van der Waals surface area contributed by atoms with Gasteiger partial charge in [0, 0.05) is 22.6 Å². The van der Waals surface area contributed by atoms with Gasteiger partial charge in [-0.25, -0.2) is 0 Å². The number of carbonyl (C=O) groups excluding carboxylic acids is 1. The van der Waals surface area contributed by atoms with E-state index in [0.717, 1.165) is 23.9 Å². The summed E-state index contributed by atoms with van der Waals surface area (Å²) in [4.78, 5) is 14.5. The molecule has 18 heavy (non-hydrogen) atoms. The number of halogens is 1. The molecule has 1 amide bonds. The molecule has 1 aliphatic heterocycles. The highest BCUT2D eigenvalue weighted by Gasteiger charge is 2.39. The minimum Gasteiger partial charge on any atom is -0.332 e. The molecule has 0 radical (unpaired) electrons. The van der Waals surface area contributed by atoms with Crippen molar-refractivity contribution in [2.75, 3.05) is 6.54 Å². The molecule has 0 bridgehead atoms. The Bertz CT molecular complexity index is 459. The van der Waals surface area contributed by atoms with Gasteiger partial charge in [-0.1, -0.05) is 22.0 Å². The first-order valence-electron chi connectivity index (χ1n) is 6.26. The van der Waals surface area contributed by atoms with Crippen LogP contribution in [0.2, 0.25) is 0 Å². The number of carbonyl (C=O) groups is 1. The fraction of sp³-hybridized carbons (Fsp3) is 0.500. The van der Waals surface area contributed by atoms with E-state index in [4.69, 9.17) is 5.73 Å². The maximum absolute atomic E-state index is 12.6. The summed E-state index contributed by atoms with van der Waals surface area (Å²) >= 11 is 3.40. The Kier molecular flexibility index (Phi) is 3.78. The van der Waals surface area contributed by atoms with Gasteiger partial charge in [0.25, 0.3) is 5.91 Å². The van der Waals surface area contributed by atoms with Crippen molar-refractivity contribution in [2.24, 2.45) is 5.73 Å². The zero-order valence-corrected chi connectivity index (χ0v) is 12.4. The standard InChI is InChI=1S/C14H19BrN2O/c1-14(2)12(16)7-4-8-17(14)13(18)10-5-3-6-11(15)9-10/h3,5-6,9,12H,4,7-8,16H2,1-2H3. The molecule has 1 aliphatic rings. The average molecular weight is 311 g/mol. The van der Waals surface area contributed by atoms with E-state index in [-0.39, 0.29) is 17.5 Å². The second-order valence-corrected chi connectivity index (χ2v) is 6.29. The molecule has 0 saturated carbocycles. The van der Waals surface area contributed by atoms with Gasteiger partial charge in [-0.15, -0.1) is 0 Å². The molecule has 0 aliphatic carbocycles. The Morgan fingerprint density at radius 1 is 1.50 bits per heavy atom. The number of likely N-dealkylation sites (tertiary alicyclic amines) is 1. The summed E-state index contributed by atoms with van der Waals surface area (Å²) in [5.41, 5.74) is 6.58. The maximum Gasteiger partial charge on any atom is 0.254 e. The number of piperidine rings is 1. The third kappa shape index (κ3) is 2.45. The van der Waals surface area contributed by atoms with Crippen molar-refractivity contribution in [1.29, 1.82) is 0 Å². The molecule has 1 unspecified atom stereocenters. The van der Waals surface area contributed by atoms with Gasteiger partial charge in [-0.3, -0.25) is 4.79 Å². The van der Waals surface area contributed by atoms with Crippen LogP contribution in [0.3, 0.4) is 0 Å². The quantitative estimate of drug-likeness (QED) is 0.867. The van der Waals surface area contributed by atoms with Crippen LogP contribution in [0.4, 0.5) is 0 Å². The molecule has 1 heterocycles. The highest BCUT2D eigenvalue weighted by atomic mass is 79.9. The Morgan fingerprint density at radius 2 is 2.22 bits per heavy atom. The van der Waals surface area contributed by atoms with E-state index >= 15 is 0 Å². The van der Waals surface area contributed by atoms with Crippen molar-refractivity contribution in [3.05, 3.63) is 34.3 Å². The lowest BCUT2D eigenvalue weighted by molar-refractivity contribution is 0.0362. The first-order chi connectivity index (χ1) is 8.43. The Morgan fingerprint density at radius 3 is 2.89 bits per heavy atom. The van der Waals surface area contributed by atoms with Crippen LogP contribution in [-0.2, 0) is 0 Å². The highest BCUT2D eigenvalue weighted by molar-refractivity contribution is 9.10. The summed E-state index contributed by atoms with van der Waals surface area (Å²) in [6, 6.07) is 7.56. The predicted octanol–water partition coefficient (Wildman–Crippen LogP) is 2.79. The lowest BCUT2D eigenvalue weighted by Crippen LogP contribution is -2.61. The van der Waals surface area contributed by atoms with Crippen LogP contribution in [0.1, 0.15) is 37.0 Å². The monoisotopic (exact) mass is 310 g/mol. The zero-order chi connectivity index (χ0) is 13.3. The van der Waals surface area contributed by atoms with Crippen LogP contribution in [0.25, 0.3) is 0 Å². The molecular weight excluding hydrogens is 292 g/mol. The van der Waals surface area contributed by atoms with E-state index in [9.17, 15) is 4.79 Å². The molecule has 1 aromatic rings. The normalized spacial score (nSPS) is 22.9. The number of nitrogens with zero attached hydrogens (tertiary/aromatic N) is 1. The predicted molar refractivity (Wildman–Crippen MR) is 76.5 cm³/mol. The van der Waals surface area contributed by atoms with Crippen LogP contribution in [0, 0.1) is 0 Å². The van der Waals surface area contributed by atoms with E-state index in [0.29, 0.717) is 5.56 Å². The minimum atomic E-state index is -0.280. The van der Waals surface area contributed by atoms with Gasteiger partial charge < -0.3 is 10.6 Å². The zero-order valence-electron chi connectivity index (χ0n) is 10.8. The molecule has 2 rings (SSSR count). The highest BCUT2D eigenvalue weighted by Crippen LogP contribution is 2.28. The van der Waals surface area contributed by atoms with Crippen LogP contribution in [0.15, 0.2) is 28.7 Å². The van der Waals surface area contributed by atoms with Gasteiger partial charge in [0.05, 0.1) is 5.54 Å². The van der Waals surface area contributed by atoms with E-state index in [1.54, 1.807) is 0 Å². The lowest BCUT2D eigenvalue weighted by atomic mass is 9.85. The number of nitrogens with two attached hydrogens (primary N) is 1. The molecule has 3 nitrogen and oxygen atoms in total. The molecule has 4 heteroatoms. The number of rotatable bonds is 1. The molecule has 1 fully saturated rings. The molecule has 1 aromatic carbocycles. The van der Waals surface area contributed by atoms with Crippen LogP contribution in [-0.4, -0.2) is 28.9 Å². The molecule has 2 N–H and O–H groups in total. The largest absolute Gasteiger partial charge is 0.332 e. The topological polar surface area (TPSA) is 46.3 Å². The van der Waals surface area contributed by atoms with E-state index in [1.165, 1.54) is 0 Å². The maximum atomic E-state index is 12.6. The van der Waals surface area contributed by atoms with E-state index < -0.39 is 0 Å². The molecule has 0 spiro atoms. The first-order valence-corrected chi connectivity index (χ1v) is 7.05. The van der Waals surface area contributed by atoms with Gasteiger partial charge in [0.1, 0.15) is 0 Å². The molecule has 1 saturated heterocycles. The van der Waals surface area contributed by atoms with Crippen LogP contribution >= 0.6 is 15.9 Å².